The smallest absolute Gasteiger partial charge is 0.257 e. The van der Waals surface area contributed by atoms with Crippen molar-refractivity contribution in [1.82, 2.24) is 20.2 Å². The number of anilines is 1. The number of hydrogen-bond donors (Lipinski definition) is 1. The molecule has 0 atom stereocenters. The Bertz CT molecular complexity index is 818. The van der Waals surface area contributed by atoms with Crippen molar-refractivity contribution in [3.05, 3.63) is 60.2 Å². The van der Waals surface area contributed by atoms with Gasteiger partial charge in [-0.2, -0.15) is 4.68 Å². The lowest BCUT2D eigenvalue weighted by molar-refractivity contribution is 0.102. The minimum Gasteiger partial charge on any atom is -0.497 e. The molecule has 3 aromatic rings. The molecule has 0 radical (unpaired) electrons. The van der Waals surface area contributed by atoms with Gasteiger partial charge in [0.2, 0.25) is 0 Å². The normalized spacial score (nSPS) is 10.3. The molecular weight excluding hydrogens is 301 g/mol. The van der Waals surface area contributed by atoms with Crippen molar-refractivity contribution in [3.63, 3.8) is 0 Å². The van der Waals surface area contributed by atoms with Crippen molar-refractivity contribution in [2.45, 2.75) is 0 Å². The number of hydrogen-bond acceptors (Lipinski definition) is 5. The van der Waals surface area contributed by atoms with Crippen LogP contribution in [0.2, 0.25) is 0 Å². The zero-order chi connectivity index (χ0) is 16.2. The summed E-state index contributed by atoms with van der Waals surface area (Å²) in [5, 5.41) is 13.5. The first-order valence-corrected chi connectivity index (χ1v) is 6.65. The number of methoxy groups -OCH3 is 1. The Labute approximate surface area is 130 Å². The molecule has 1 amide bonds. The van der Waals surface area contributed by atoms with Crippen molar-refractivity contribution in [2.75, 3.05) is 12.4 Å². The molecule has 1 aromatic heterocycles. The second kappa shape index (κ2) is 6.22. The Balaban J connectivity index is 1.90. The van der Waals surface area contributed by atoms with Crippen LogP contribution in [0.5, 0.6) is 5.75 Å². The number of nitrogens with one attached hydrogen (secondary N) is 1. The molecule has 7 nitrogen and oxygen atoms in total. The third-order valence-corrected chi connectivity index (χ3v) is 3.15. The number of amides is 1. The van der Waals surface area contributed by atoms with E-state index >= 15 is 0 Å². The van der Waals surface area contributed by atoms with Gasteiger partial charge in [0, 0.05) is 5.69 Å². The summed E-state index contributed by atoms with van der Waals surface area (Å²) in [5.41, 5.74) is 1.05. The van der Waals surface area contributed by atoms with Crippen molar-refractivity contribution in [1.29, 1.82) is 0 Å². The van der Waals surface area contributed by atoms with Gasteiger partial charge in [-0.25, -0.2) is 4.39 Å². The summed E-state index contributed by atoms with van der Waals surface area (Å²) in [4.78, 5) is 12.4. The maximum Gasteiger partial charge on any atom is 0.257 e. The number of ether oxygens (including phenoxy) is 1. The van der Waals surface area contributed by atoms with Crippen LogP contribution in [0, 0.1) is 5.82 Å². The van der Waals surface area contributed by atoms with Crippen molar-refractivity contribution < 1.29 is 13.9 Å². The summed E-state index contributed by atoms with van der Waals surface area (Å²) in [6.07, 6.45) is 1.33. The van der Waals surface area contributed by atoms with E-state index in [4.69, 9.17) is 4.74 Å². The lowest BCUT2D eigenvalue weighted by atomic mass is 10.1. The standard InChI is InChI=1S/C15H12FN5O2/c1-23-12-5-3-11(4-6-12)18-15(22)13-8-10(16)2-7-14(13)21-9-17-19-20-21/h2-9H,1H3,(H,18,22). The van der Waals surface area contributed by atoms with E-state index in [0.717, 1.165) is 6.07 Å². The highest BCUT2D eigenvalue weighted by atomic mass is 19.1. The van der Waals surface area contributed by atoms with Crippen LogP contribution in [0.15, 0.2) is 48.8 Å². The van der Waals surface area contributed by atoms with Crippen molar-refractivity contribution in [3.8, 4) is 11.4 Å². The molecule has 0 fully saturated rings. The SMILES string of the molecule is COc1ccc(NC(=O)c2cc(F)ccc2-n2cnnn2)cc1. The highest BCUT2D eigenvalue weighted by molar-refractivity contribution is 6.06. The van der Waals surface area contributed by atoms with Gasteiger partial charge in [-0.3, -0.25) is 4.79 Å². The van der Waals surface area contributed by atoms with Gasteiger partial charge in [-0.15, -0.1) is 5.10 Å². The van der Waals surface area contributed by atoms with Crippen molar-refractivity contribution >= 4 is 11.6 Å². The number of rotatable bonds is 4. The highest BCUT2D eigenvalue weighted by Crippen LogP contribution is 2.19. The van der Waals surface area contributed by atoms with Crippen LogP contribution in [-0.4, -0.2) is 33.2 Å². The van der Waals surface area contributed by atoms with Gasteiger partial charge in [-0.05, 0) is 52.9 Å². The Morgan fingerprint density at radius 3 is 2.65 bits per heavy atom. The summed E-state index contributed by atoms with van der Waals surface area (Å²) in [6, 6.07) is 10.6. The molecule has 3 rings (SSSR count). The monoisotopic (exact) mass is 313 g/mol. The molecule has 0 bridgehead atoms. The van der Waals surface area contributed by atoms with E-state index in [2.05, 4.69) is 20.8 Å². The number of aromatic nitrogens is 4. The number of carbonyl (C=O) groups is 1. The zero-order valence-electron chi connectivity index (χ0n) is 12.1. The predicted octanol–water partition coefficient (Wildman–Crippen LogP) is 2.06. The van der Waals surface area contributed by atoms with Gasteiger partial charge in [0.1, 0.15) is 17.9 Å². The molecule has 0 saturated heterocycles. The predicted molar refractivity (Wildman–Crippen MR) is 80.1 cm³/mol. The summed E-state index contributed by atoms with van der Waals surface area (Å²) < 4.78 is 19.9. The number of carbonyl (C=O) groups excluding carboxylic acids is 1. The summed E-state index contributed by atoms with van der Waals surface area (Å²) in [6.45, 7) is 0. The van der Waals surface area contributed by atoms with E-state index in [0.29, 0.717) is 17.1 Å². The van der Waals surface area contributed by atoms with Crippen LogP contribution in [0.1, 0.15) is 10.4 Å². The molecule has 0 aliphatic heterocycles. The molecule has 1 N–H and O–H groups in total. The minimum absolute atomic E-state index is 0.119. The molecule has 0 aliphatic carbocycles. The second-order valence-corrected chi connectivity index (χ2v) is 4.60. The largest absolute Gasteiger partial charge is 0.497 e. The molecule has 23 heavy (non-hydrogen) atoms. The average molecular weight is 313 g/mol. The molecule has 1 heterocycles. The first kappa shape index (κ1) is 14.6. The lowest BCUT2D eigenvalue weighted by Gasteiger charge is -2.10. The fraction of sp³-hybridized carbons (Fsp3) is 0.0667. The topological polar surface area (TPSA) is 81.9 Å². The number of nitrogens with zero attached hydrogens (tertiary/aromatic N) is 4. The van der Waals surface area contributed by atoms with Gasteiger partial charge >= 0.3 is 0 Å². The first-order valence-electron chi connectivity index (χ1n) is 6.65. The Morgan fingerprint density at radius 1 is 1.22 bits per heavy atom. The quantitative estimate of drug-likeness (QED) is 0.797. The van der Waals surface area contributed by atoms with E-state index in [1.54, 1.807) is 31.4 Å². The fourth-order valence-electron chi connectivity index (χ4n) is 2.03. The fourth-order valence-corrected chi connectivity index (χ4v) is 2.03. The first-order chi connectivity index (χ1) is 11.2. The average Bonchev–Trinajstić information content (AvgIpc) is 3.09. The minimum atomic E-state index is -0.526. The Hall–Kier alpha value is -3.29. The van der Waals surface area contributed by atoms with Gasteiger partial charge < -0.3 is 10.1 Å². The third-order valence-electron chi connectivity index (χ3n) is 3.15. The molecule has 0 aliphatic rings. The number of halogens is 1. The van der Waals surface area contributed by atoms with Crippen LogP contribution in [0.4, 0.5) is 10.1 Å². The van der Waals surface area contributed by atoms with Crippen LogP contribution in [-0.2, 0) is 0 Å². The van der Waals surface area contributed by atoms with E-state index < -0.39 is 11.7 Å². The molecule has 0 spiro atoms. The van der Waals surface area contributed by atoms with Gasteiger partial charge in [0.15, 0.2) is 0 Å². The van der Waals surface area contributed by atoms with Gasteiger partial charge in [0.25, 0.3) is 5.91 Å². The summed E-state index contributed by atoms with van der Waals surface area (Å²) in [5.74, 6) is -0.329. The van der Waals surface area contributed by atoms with E-state index in [-0.39, 0.29) is 5.56 Å². The number of tetrazole rings is 1. The van der Waals surface area contributed by atoms with E-state index in [1.165, 1.54) is 23.1 Å². The van der Waals surface area contributed by atoms with Crippen LogP contribution in [0.25, 0.3) is 5.69 Å². The van der Waals surface area contributed by atoms with Crippen LogP contribution >= 0.6 is 0 Å². The second-order valence-electron chi connectivity index (χ2n) is 4.60. The van der Waals surface area contributed by atoms with Gasteiger partial charge in [0.05, 0.1) is 18.4 Å². The highest BCUT2D eigenvalue weighted by Gasteiger charge is 2.15. The summed E-state index contributed by atoms with van der Waals surface area (Å²) in [7, 11) is 1.55. The zero-order valence-corrected chi connectivity index (χ0v) is 12.1. The maximum absolute atomic E-state index is 13.5. The molecule has 116 valence electrons. The van der Waals surface area contributed by atoms with Crippen LogP contribution in [0.3, 0.4) is 0 Å². The summed E-state index contributed by atoms with van der Waals surface area (Å²) >= 11 is 0. The molecule has 2 aromatic carbocycles. The van der Waals surface area contributed by atoms with E-state index in [1.807, 2.05) is 0 Å². The lowest BCUT2D eigenvalue weighted by Crippen LogP contribution is -2.15. The number of benzene rings is 2. The third kappa shape index (κ3) is 3.15. The molecule has 0 unspecified atom stereocenters. The maximum atomic E-state index is 13.5. The van der Waals surface area contributed by atoms with E-state index in [9.17, 15) is 9.18 Å². The van der Waals surface area contributed by atoms with Crippen LogP contribution < -0.4 is 10.1 Å². The Kier molecular flexibility index (Phi) is 3.96. The Morgan fingerprint density at radius 2 is 2.00 bits per heavy atom. The molecule has 8 heteroatoms. The van der Waals surface area contributed by atoms with Crippen molar-refractivity contribution in [2.24, 2.45) is 0 Å². The molecule has 0 saturated carbocycles. The van der Waals surface area contributed by atoms with Gasteiger partial charge in [-0.1, -0.05) is 0 Å². The molecular formula is C15H12FN5O2.